The third kappa shape index (κ3) is 5.01. The van der Waals surface area contributed by atoms with Crippen LogP contribution >= 0.6 is 0 Å². The number of allylic oxidation sites excluding steroid dienone is 1. The predicted octanol–water partition coefficient (Wildman–Crippen LogP) is 11.8. The Morgan fingerprint density at radius 1 is 0.522 bits per heavy atom. The van der Waals surface area contributed by atoms with Crippen molar-refractivity contribution >= 4 is 63.1 Å². The van der Waals surface area contributed by atoms with Crippen LogP contribution < -0.4 is 0 Å². The molecule has 0 bridgehead atoms. The summed E-state index contributed by atoms with van der Waals surface area (Å²) in [6, 6.07) is 40.1. The molecule has 0 saturated heterocycles. The minimum atomic E-state index is 0.968. The van der Waals surface area contributed by atoms with Crippen molar-refractivity contribution in [3.05, 3.63) is 149 Å². The molecule has 2 nitrogen and oxygen atoms in total. The van der Waals surface area contributed by atoms with Crippen LogP contribution in [-0.2, 0) is 19.5 Å². The van der Waals surface area contributed by atoms with Crippen LogP contribution in [0.2, 0.25) is 0 Å². The molecule has 5 aromatic carbocycles. The summed E-state index contributed by atoms with van der Waals surface area (Å²) in [6.45, 7) is 6.42. The van der Waals surface area contributed by atoms with Crippen LogP contribution in [-0.4, -0.2) is 9.13 Å². The Bertz CT molecular complexity index is 2300. The largest absolute Gasteiger partial charge is 0.341 e. The van der Waals surface area contributed by atoms with Gasteiger partial charge in [0.25, 0.3) is 0 Å². The average Bonchev–Trinajstić information content (AvgIpc) is 3.61. The summed E-state index contributed by atoms with van der Waals surface area (Å²) in [6.07, 6.45) is 15.8. The molecular formula is C44H38N2. The maximum absolute atomic E-state index is 2.45. The van der Waals surface area contributed by atoms with Gasteiger partial charge in [0.05, 0.1) is 0 Å². The summed E-state index contributed by atoms with van der Waals surface area (Å²) in [4.78, 5) is 0. The second-order valence-electron chi connectivity index (χ2n) is 12.3. The predicted molar refractivity (Wildman–Crippen MR) is 200 cm³/mol. The van der Waals surface area contributed by atoms with Gasteiger partial charge in [0.2, 0.25) is 0 Å². The first kappa shape index (κ1) is 28.2. The minimum absolute atomic E-state index is 0.968. The molecule has 0 N–H and O–H groups in total. The molecule has 0 amide bonds. The number of fused-ring (bicyclic) bond motifs is 6. The first-order valence-corrected chi connectivity index (χ1v) is 16.6. The lowest BCUT2D eigenvalue weighted by atomic mass is 9.99. The molecule has 1 aliphatic rings. The lowest BCUT2D eigenvalue weighted by Gasteiger charge is -2.08. The number of hydrogen-bond donors (Lipinski definition) is 0. The van der Waals surface area contributed by atoms with Crippen molar-refractivity contribution in [2.45, 2.75) is 39.8 Å². The van der Waals surface area contributed by atoms with E-state index in [1.54, 1.807) is 0 Å². The van der Waals surface area contributed by atoms with Gasteiger partial charge in [0, 0.05) is 51.5 Å². The minimum Gasteiger partial charge on any atom is -0.341 e. The Morgan fingerprint density at radius 3 is 1.67 bits per heavy atom. The van der Waals surface area contributed by atoms with Crippen LogP contribution in [0.25, 0.3) is 74.2 Å². The van der Waals surface area contributed by atoms with E-state index in [9.17, 15) is 0 Å². The fourth-order valence-corrected chi connectivity index (χ4v) is 7.26. The SMILES string of the molecule is CCn1c2c(c3cc(/C=C/c4ccc(-c5ccc(/C=C/c6ccc7c(c6)c6ccccc6n7CC)cc5)cc4)ccc31)CCC=C2. The molecule has 0 fully saturated rings. The summed E-state index contributed by atoms with van der Waals surface area (Å²) in [5.74, 6) is 0. The Labute approximate surface area is 271 Å². The number of benzene rings is 5. The maximum Gasteiger partial charge on any atom is 0.0491 e. The highest BCUT2D eigenvalue weighted by atomic mass is 15.0. The average molecular weight is 595 g/mol. The molecule has 0 aliphatic heterocycles. The molecule has 0 saturated carbocycles. The van der Waals surface area contributed by atoms with Gasteiger partial charge in [0.15, 0.2) is 0 Å². The van der Waals surface area contributed by atoms with E-state index in [1.807, 2.05) is 0 Å². The number of hydrogen-bond acceptors (Lipinski definition) is 0. The number of aryl methyl sites for hydroxylation is 3. The standard InChI is InChI=1S/C44H38N2/c1-3-45-41-11-7-5-9-37(41)39-29-33(21-27-43(39)45)15-13-31-17-23-35(24-18-31)36-25-19-32(20-26-36)14-16-34-22-28-44-40(30-34)38-10-6-8-12-42(38)46(44)4-2/h5,7-9,11-30H,3-4,6,10H2,1-2H3/b15-13+,16-14+. The topological polar surface area (TPSA) is 9.86 Å². The number of rotatable bonds is 7. The molecule has 7 aromatic rings. The quantitative estimate of drug-likeness (QED) is 0.162. The Morgan fingerprint density at radius 2 is 1.04 bits per heavy atom. The van der Waals surface area contributed by atoms with E-state index >= 15 is 0 Å². The van der Waals surface area contributed by atoms with E-state index < -0.39 is 0 Å². The van der Waals surface area contributed by atoms with E-state index in [0.29, 0.717) is 0 Å². The zero-order valence-corrected chi connectivity index (χ0v) is 26.6. The number of aromatic nitrogens is 2. The Balaban J connectivity index is 0.973. The third-order valence-electron chi connectivity index (χ3n) is 9.59. The van der Waals surface area contributed by atoms with Gasteiger partial charge in [0.1, 0.15) is 0 Å². The van der Waals surface area contributed by atoms with E-state index in [0.717, 1.165) is 25.9 Å². The molecule has 46 heavy (non-hydrogen) atoms. The number of para-hydroxylation sites is 1. The van der Waals surface area contributed by atoms with Gasteiger partial charge in [-0.3, -0.25) is 0 Å². The van der Waals surface area contributed by atoms with Gasteiger partial charge in [-0.2, -0.15) is 0 Å². The van der Waals surface area contributed by atoms with Gasteiger partial charge >= 0.3 is 0 Å². The second-order valence-corrected chi connectivity index (χ2v) is 12.3. The molecule has 2 heterocycles. The van der Waals surface area contributed by atoms with Crippen molar-refractivity contribution in [3.63, 3.8) is 0 Å². The van der Waals surface area contributed by atoms with Crippen molar-refractivity contribution < 1.29 is 0 Å². The van der Waals surface area contributed by atoms with Crippen molar-refractivity contribution in [2.75, 3.05) is 0 Å². The molecule has 2 aromatic heterocycles. The fraction of sp³-hybridized carbons (Fsp3) is 0.136. The van der Waals surface area contributed by atoms with Crippen LogP contribution in [0.1, 0.15) is 53.8 Å². The van der Waals surface area contributed by atoms with E-state index in [2.05, 4.69) is 169 Å². The van der Waals surface area contributed by atoms with Crippen molar-refractivity contribution in [3.8, 4) is 11.1 Å². The van der Waals surface area contributed by atoms with Crippen LogP contribution in [0.3, 0.4) is 0 Å². The van der Waals surface area contributed by atoms with Gasteiger partial charge in [-0.25, -0.2) is 0 Å². The summed E-state index contributed by atoms with van der Waals surface area (Å²) < 4.78 is 4.84. The van der Waals surface area contributed by atoms with E-state index in [-0.39, 0.29) is 0 Å². The molecule has 8 rings (SSSR count). The van der Waals surface area contributed by atoms with Crippen molar-refractivity contribution in [1.82, 2.24) is 9.13 Å². The van der Waals surface area contributed by atoms with Crippen molar-refractivity contribution in [2.24, 2.45) is 0 Å². The molecule has 1 aliphatic carbocycles. The molecular weight excluding hydrogens is 556 g/mol. The summed E-state index contributed by atoms with van der Waals surface area (Å²) in [5, 5.41) is 4.04. The van der Waals surface area contributed by atoms with Crippen LogP contribution in [0.5, 0.6) is 0 Å². The summed E-state index contributed by atoms with van der Waals surface area (Å²) in [7, 11) is 0. The van der Waals surface area contributed by atoms with Crippen LogP contribution in [0.15, 0.2) is 115 Å². The zero-order valence-electron chi connectivity index (χ0n) is 26.6. The first-order valence-electron chi connectivity index (χ1n) is 16.6. The molecule has 0 radical (unpaired) electrons. The van der Waals surface area contributed by atoms with Crippen LogP contribution in [0, 0.1) is 0 Å². The van der Waals surface area contributed by atoms with Gasteiger partial charge in [-0.05, 0) is 102 Å². The van der Waals surface area contributed by atoms with Gasteiger partial charge < -0.3 is 9.13 Å². The highest BCUT2D eigenvalue weighted by Crippen LogP contribution is 2.33. The third-order valence-corrected chi connectivity index (χ3v) is 9.59. The van der Waals surface area contributed by atoms with Gasteiger partial charge in [-0.15, -0.1) is 0 Å². The lowest BCUT2D eigenvalue weighted by molar-refractivity contribution is 0.778. The van der Waals surface area contributed by atoms with Crippen LogP contribution in [0.4, 0.5) is 0 Å². The highest BCUT2D eigenvalue weighted by molar-refractivity contribution is 6.08. The zero-order chi connectivity index (χ0) is 31.0. The highest BCUT2D eigenvalue weighted by Gasteiger charge is 2.16. The Hall–Kier alpha value is -5.34. The first-order chi connectivity index (χ1) is 22.7. The maximum atomic E-state index is 2.45. The monoisotopic (exact) mass is 594 g/mol. The van der Waals surface area contributed by atoms with Gasteiger partial charge in [-0.1, -0.05) is 109 Å². The normalized spacial score (nSPS) is 13.2. The van der Waals surface area contributed by atoms with E-state index in [1.165, 1.54) is 77.3 Å². The fourth-order valence-electron chi connectivity index (χ4n) is 7.26. The second kappa shape index (κ2) is 11.9. The summed E-state index contributed by atoms with van der Waals surface area (Å²) >= 11 is 0. The summed E-state index contributed by atoms with van der Waals surface area (Å²) in [5.41, 5.74) is 14.2. The number of nitrogens with zero attached hydrogens (tertiary/aromatic N) is 2. The Kier molecular flexibility index (Phi) is 7.27. The molecule has 2 heteroatoms. The smallest absolute Gasteiger partial charge is 0.0491 e. The molecule has 0 spiro atoms. The molecule has 0 unspecified atom stereocenters. The van der Waals surface area contributed by atoms with Crippen molar-refractivity contribution in [1.29, 1.82) is 0 Å². The van der Waals surface area contributed by atoms with E-state index in [4.69, 9.17) is 0 Å². The molecule has 0 atom stereocenters. The molecule has 224 valence electrons. The lowest BCUT2D eigenvalue weighted by Crippen LogP contribution is -1.99.